The average molecular weight is 437 g/mol. The SMILES string of the molecule is CN1/C(=C\C(=O)COC(=O)CC2Sc3ccccc3NC2=O)C(C)(C)c2ccccc21. The summed E-state index contributed by atoms with van der Waals surface area (Å²) >= 11 is 1.33. The van der Waals surface area contributed by atoms with E-state index in [9.17, 15) is 14.4 Å². The molecular formula is C24H24N2O4S. The zero-order valence-corrected chi connectivity index (χ0v) is 18.5. The molecule has 0 radical (unpaired) electrons. The summed E-state index contributed by atoms with van der Waals surface area (Å²) in [6.07, 6.45) is 1.46. The summed E-state index contributed by atoms with van der Waals surface area (Å²) in [7, 11) is 1.93. The molecule has 1 unspecified atom stereocenters. The van der Waals surface area contributed by atoms with E-state index >= 15 is 0 Å². The summed E-state index contributed by atoms with van der Waals surface area (Å²) in [5.41, 5.74) is 3.48. The van der Waals surface area contributed by atoms with Gasteiger partial charge in [-0.3, -0.25) is 14.4 Å². The quantitative estimate of drug-likeness (QED) is 0.566. The number of para-hydroxylation sites is 2. The lowest BCUT2D eigenvalue weighted by atomic mass is 9.83. The minimum absolute atomic E-state index is 0.0917. The zero-order chi connectivity index (χ0) is 22.2. The molecule has 1 amide bonds. The van der Waals surface area contributed by atoms with Crippen LogP contribution in [0.2, 0.25) is 0 Å². The van der Waals surface area contributed by atoms with Crippen LogP contribution in [0.15, 0.2) is 65.2 Å². The summed E-state index contributed by atoms with van der Waals surface area (Å²) < 4.78 is 5.19. The van der Waals surface area contributed by atoms with Gasteiger partial charge in [0.2, 0.25) is 5.91 Å². The molecule has 1 N–H and O–H groups in total. The van der Waals surface area contributed by atoms with Gasteiger partial charge in [-0.15, -0.1) is 11.8 Å². The maximum Gasteiger partial charge on any atom is 0.307 e. The smallest absolute Gasteiger partial charge is 0.307 e. The average Bonchev–Trinajstić information content (AvgIpc) is 2.94. The topological polar surface area (TPSA) is 75.7 Å². The number of carbonyl (C=O) groups is 3. The number of rotatable bonds is 5. The Hall–Kier alpha value is -3.06. The Morgan fingerprint density at radius 2 is 1.87 bits per heavy atom. The lowest BCUT2D eigenvalue weighted by molar-refractivity contribution is -0.147. The molecule has 0 aliphatic carbocycles. The number of hydrogen-bond acceptors (Lipinski definition) is 6. The van der Waals surface area contributed by atoms with Gasteiger partial charge in [-0.25, -0.2) is 0 Å². The number of anilines is 2. The third-order valence-corrected chi connectivity index (χ3v) is 6.95. The first-order valence-corrected chi connectivity index (χ1v) is 11.0. The van der Waals surface area contributed by atoms with E-state index in [-0.39, 0.29) is 30.1 Å². The Bertz CT molecular complexity index is 1090. The highest BCUT2D eigenvalue weighted by Crippen LogP contribution is 2.46. The van der Waals surface area contributed by atoms with Crippen molar-refractivity contribution in [3.05, 3.63) is 65.9 Å². The minimum Gasteiger partial charge on any atom is -0.457 e. The molecule has 160 valence electrons. The number of ketones is 1. The van der Waals surface area contributed by atoms with Crippen molar-refractivity contribution in [2.45, 2.75) is 35.8 Å². The highest BCUT2D eigenvalue weighted by molar-refractivity contribution is 8.01. The van der Waals surface area contributed by atoms with Gasteiger partial charge >= 0.3 is 5.97 Å². The maximum absolute atomic E-state index is 12.5. The first-order valence-electron chi connectivity index (χ1n) is 10.1. The molecular weight excluding hydrogens is 412 g/mol. The van der Waals surface area contributed by atoms with Crippen LogP contribution in [0.25, 0.3) is 0 Å². The van der Waals surface area contributed by atoms with Crippen LogP contribution in [0.4, 0.5) is 11.4 Å². The number of fused-ring (bicyclic) bond motifs is 2. The Morgan fingerprint density at radius 1 is 1.16 bits per heavy atom. The molecule has 1 atom stereocenters. The number of ether oxygens (including phenoxy) is 1. The number of benzene rings is 2. The molecule has 0 saturated heterocycles. The maximum atomic E-state index is 12.5. The van der Waals surface area contributed by atoms with Crippen LogP contribution >= 0.6 is 11.8 Å². The van der Waals surface area contributed by atoms with E-state index in [1.54, 1.807) is 6.08 Å². The van der Waals surface area contributed by atoms with E-state index in [1.165, 1.54) is 11.8 Å². The summed E-state index contributed by atoms with van der Waals surface area (Å²) in [5.74, 6) is -1.09. The van der Waals surface area contributed by atoms with Crippen molar-refractivity contribution in [3.63, 3.8) is 0 Å². The summed E-state index contributed by atoms with van der Waals surface area (Å²) in [6, 6.07) is 15.5. The minimum atomic E-state index is -0.578. The first kappa shape index (κ1) is 21.2. The highest BCUT2D eigenvalue weighted by Gasteiger charge is 2.38. The van der Waals surface area contributed by atoms with Crippen molar-refractivity contribution < 1.29 is 19.1 Å². The van der Waals surface area contributed by atoms with Gasteiger partial charge in [-0.05, 0) is 23.8 Å². The van der Waals surface area contributed by atoms with Crippen molar-refractivity contribution in [2.24, 2.45) is 0 Å². The lowest BCUT2D eigenvalue weighted by Gasteiger charge is -2.24. The Kier molecular flexibility index (Phi) is 5.62. The van der Waals surface area contributed by atoms with Crippen molar-refractivity contribution in [3.8, 4) is 0 Å². The predicted molar refractivity (Wildman–Crippen MR) is 121 cm³/mol. The van der Waals surface area contributed by atoms with E-state index in [1.807, 2.05) is 54.4 Å². The van der Waals surface area contributed by atoms with Crippen molar-refractivity contribution in [1.82, 2.24) is 0 Å². The Labute approximate surface area is 185 Å². The molecule has 6 nitrogen and oxygen atoms in total. The number of likely N-dealkylation sites (N-methyl/N-ethyl adjacent to an activating group) is 1. The molecule has 31 heavy (non-hydrogen) atoms. The number of thioether (sulfide) groups is 1. The molecule has 0 aromatic heterocycles. The lowest BCUT2D eigenvalue weighted by Crippen LogP contribution is -2.31. The van der Waals surface area contributed by atoms with E-state index in [4.69, 9.17) is 4.74 Å². The second-order valence-corrected chi connectivity index (χ2v) is 9.40. The van der Waals surface area contributed by atoms with Crippen LogP contribution in [0.1, 0.15) is 25.8 Å². The first-order chi connectivity index (χ1) is 14.8. The molecule has 0 spiro atoms. The van der Waals surface area contributed by atoms with Crippen LogP contribution in [0, 0.1) is 0 Å². The van der Waals surface area contributed by atoms with Crippen LogP contribution < -0.4 is 10.2 Å². The van der Waals surface area contributed by atoms with E-state index in [0.29, 0.717) is 0 Å². The number of amides is 1. The molecule has 0 fully saturated rings. The molecule has 2 aromatic rings. The third kappa shape index (κ3) is 4.10. The van der Waals surface area contributed by atoms with E-state index in [2.05, 4.69) is 25.2 Å². The molecule has 2 heterocycles. The van der Waals surface area contributed by atoms with E-state index < -0.39 is 11.2 Å². The molecule has 0 saturated carbocycles. The summed E-state index contributed by atoms with van der Waals surface area (Å²) in [6.45, 7) is 3.78. The van der Waals surface area contributed by atoms with Gasteiger partial charge < -0.3 is 15.0 Å². The van der Waals surface area contributed by atoms with Gasteiger partial charge in [0.05, 0.1) is 17.4 Å². The van der Waals surface area contributed by atoms with Gasteiger partial charge in [-0.1, -0.05) is 44.2 Å². The summed E-state index contributed by atoms with van der Waals surface area (Å²) in [5, 5.41) is 2.22. The largest absolute Gasteiger partial charge is 0.457 e. The molecule has 7 heteroatoms. The second-order valence-electron chi connectivity index (χ2n) is 8.15. The zero-order valence-electron chi connectivity index (χ0n) is 17.7. The van der Waals surface area contributed by atoms with E-state index in [0.717, 1.165) is 27.5 Å². The highest BCUT2D eigenvalue weighted by atomic mass is 32.2. The fourth-order valence-electron chi connectivity index (χ4n) is 4.04. The Balaban J connectivity index is 1.36. The number of esters is 1. The number of hydrogen-bond donors (Lipinski definition) is 1. The van der Waals surface area contributed by atoms with Gasteiger partial charge in [0, 0.05) is 34.8 Å². The third-order valence-electron chi connectivity index (χ3n) is 5.67. The van der Waals surface area contributed by atoms with Crippen molar-refractivity contribution in [1.29, 1.82) is 0 Å². The Morgan fingerprint density at radius 3 is 2.65 bits per heavy atom. The molecule has 2 aliphatic rings. The number of carbonyl (C=O) groups excluding carboxylic acids is 3. The van der Waals surface area contributed by atoms with Crippen LogP contribution in [-0.4, -0.2) is 36.6 Å². The van der Waals surface area contributed by atoms with Crippen molar-refractivity contribution >= 4 is 40.8 Å². The summed E-state index contributed by atoms with van der Waals surface area (Å²) in [4.78, 5) is 40.0. The number of nitrogens with one attached hydrogen (secondary N) is 1. The van der Waals surface area contributed by atoms with Gasteiger partial charge in [0.15, 0.2) is 12.4 Å². The van der Waals surface area contributed by atoms with Crippen LogP contribution in [-0.2, 0) is 24.5 Å². The molecule has 0 bridgehead atoms. The predicted octanol–water partition coefficient (Wildman–Crippen LogP) is 3.91. The van der Waals surface area contributed by atoms with Gasteiger partial charge in [0.1, 0.15) is 0 Å². The number of allylic oxidation sites excluding steroid dienone is 1. The van der Waals surface area contributed by atoms with Crippen LogP contribution in [0.3, 0.4) is 0 Å². The number of nitrogens with zero attached hydrogens (tertiary/aromatic N) is 1. The fraction of sp³-hybridized carbons (Fsp3) is 0.292. The second kappa shape index (κ2) is 8.23. The molecule has 2 aliphatic heterocycles. The van der Waals surface area contributed by atoms with Crippen molar-refractivity contribution in [2.75, 3.05) is 23.9 Å². The normalized spacial score (nSPS) is 20.1. The fourth-order valence-corrected chi connectivity index (χ4v) is 5.14. The van der Waals surface area contributed by atoms with Gasteiger partial charge in [-0.2, -0.15) is 0 Å². The van der Waals surface area contributed by atoms with Crippen LogP contribution in [0.5, 0.6) is 0 Å². The molecule has 2 aromatic carbocycles. The standard InChI is InChI=1S/C24H24N2O4S/c1-24(2)16-8-4-6-10-18(16)26(3)21(24)12-15(27)14-30-22(28)13-20-23(29)25-17-9-5-7-11-19(17)31-20/h4-12,20H,13-14H2,1-3H3,(H,25,29)/b21-12-. The molecule has 4 rings (SSSR count). The monoisotopic (exact) mass is 436 g/mol. The van der Waals surface area contributed by atoms with Gasteiger partial charge in [0.25, 0.3) is 0 Å².